The number of nitrogens with two attached hydrogens (primary N) is 1. The van der Waals surface area contributed by atoms with Crippen LogP contribution in [0.15, 0.2) is 18.2 Å². The Morgan fingerprint density at radius 2 is 2.11 bits per heavy atom. The van der Waals surface area contributed by atoms with Gasteiger partial charge in [-0.25, -0.2) is 0 Å². The van der Waals surface area contributed by atoms with Gasteiger partial charge in [0.2, 0.25) is 0 Å². The summed E-state index contributed by atoms with van der Waals surface area (Å²) in [5, 5.41) is 2.76. The molecule has 0 atom stereocenters. The van der Waals surface area contributed by atoms with Crippen LogP contribution in [0.5, 0.6) is 0 Å². The molecule has 0 saturated heterocycles. The molecule has 104 valence electrons. The van der Waals surface area contributed by atoms with Gasteiger partial charge in [-0.05, 0) is 38.0 Å². The Bertz CT molecular complexity index is 458. The number of hydrogen-bond donors (Lipinski definition) is 2. The molecule has 19 heavy (non-hydrogen) atoms. The number of esters is 1. The molecule has 0 aliphatic carbocycles. The number of carbonyl (C=O) groups is 2. The van der Waals surface area contributed by atoms with Crippen molar-refractivity contribution < 1.29 is 14.3 Å². The Morgan fingerprint density at radius 3 is 2.79 bits per heavy atom. The Hall–Kier alpha value is -2.04. The van der Waals surface area contributed by atoms with Gasteiger partial charge in [0.25, 0.3) is 5.91 Å². The largest absolute Gasteiger partial charge is 0.466 e. The van der Waals surface area contributed by atoms with E-state index in [0.29, 0.717) is 37.2 Å². The highest BCUT2D eigenvalue weighted by atomic mass is 16.5. The second kappa shape index (κ2) is 7.41. The highest BCUT2D eigenvalue weighted by Crippen LogP contribution is 2.15. The quantitative estimate of drug-likeness (QED) is 0.465. The van der Waals surface area contributed by atoms with E-state index in [0.717, 1.165) is 5.56 Å². The van der Waals surface area contributed by atoms with Gasteiger partial charge in [-0.1, -0.05) is 6.07 Å². The third kappa shape index (κ3) is 4.62. The Balaban J connectivity index is 2.40. The van der Waals surface area contributed by atoms with E-state index < -0.39 is 0 Å². The van der Waals surface area contributed by atoms with Gasteiger partial charge in [0, 0.05) is 24.2 Å². The summed E-state index contributed by atoms with van der Waals surface area (Å²) in [6.45, 7) is 4.39. The predicted molar refractivity (Wildman–Crippen MR) is 73.8 cm³/mol. The molecular weight excluding hydrogens is 244 g/mol. The topological polar surface area (TPSA) is 81.4 Å². The van der Waals surface area contributed by atoms with Gasteiger partial charge in [0.15, 0.2) is 0 Å². The van der Waals surface area contributed by atoms with Crippen molar-refractivity contribution in [2.75, 3.05) is 18.9 Å². The van der Waals surface area contributed by atoms with Crippen LogP contribution >= 0.6 is 0 Å². The molecule has 1 aromatic carbocycles. The number of nitrogen functional groups attached to an aromatic ring is 1. The van der Waals surface area contributed by atoms with Crippen molar-refractivity contribution in [3.63, 3.8) is 0 Å². The standard InChI is InChI=1S/C14H20N2O3/c1-3-19-13(17)8-5-9-16-14(18)11-6-4-7-12(15)10(11)2/h4,6-7H,3,5,8-9,15H2,1-2H3,(H,16,18). The van der Waals surface area contributed by atoms with Gasteiger partial charge in [0.05, 0.1) is 6.61 Å². The molecule has 5 heteroatoms. The second-order valence-electron chi connectivity index (χ2n) is 4.18. The fourth-order valence-electron chi connectivity index (χ4n) is 1.66. The Kier molecular flexibility index (Phi) is 5.85. The molecule has 0 heterocycles. The molecule has 1 aromatic rings. The monoisotopic (exact) mass is 264 g/mol. The molecular formula is C14H20N2O3. The zero-order valence-corrected chi connectivity index (χ0v) is 11.4. The van der Waals surface area contributed by atoms with E-state index in [9.17, 15) is 9.59 Å². The van der Waals surface area contributed by atoms with Crippen LogP contribution in [0, 0.1) is 6.92 Å². The Morgan fingerprint density at radius 1 is 1.37 bits per heavy atom. The van der Waals surface area contributed by atoms with Crippen molar-refractivity contribution >= 4 is 17.6 Å². The highest BCUT2D eigenvalue weighted by molar-refractivity contribution is 5.96. The van der Waals surface area contributed by atoms with Crippen LogP contribution < -0.4 is 11.1 Å². The molecule has 0 bridgehead atoms. The summed E-state index contributed by atoms with van der Waals surface area (Å²) >= 11 is 0. The van der Waals surface area contributed by atoms with Gasteiger partial charge in [0.1, 0.15) is 0 Å². The molecule has 5 nitrogen and oxygen atoms in total. The third-order valence-corrected chi connectivity index (χ3v) is 2.77. The maximum absolute atomic E-state index is 11.9. The first-order chi connectivity index (χ1) is 9.06. The van der Waals surface area contributed by atoms with Crippen molar-refractivity contribution in [2.45, 2.75) is 26.7 Å². The summed E-state index contributed by atoms with van der Waals surface area (Å²) in [4.78, 5) is 23.0. The number of carbonyl (C=O) groups excluding carboxylic acids is 2. The zero-order chi connectivity index (χ0) is 14.3. The van der Waals surface area contributed by atoms with Crippen molar-refractivity contribution in [1.29, 1.82) is 0 Å². The minimum Gasteiger partial charge on any atom is -0.466 e. The number of hydrogen-bond acceptors (Lipinski definition) is 4. The van der Waals surface area contributed by atoms with Crippen molar-refractivity contribution in [3.8, 4) is 0 Å². The molecule has 0 aromatic heterocycles. The van der Waals surface area contributed by atoms with E-state index in [1.165, 1.54) is 0 Å². The summed E-state index contributed by atoms with van der Waals surface area (Å²) in [6.07, 6.45) is 0.871. The average molecular weight is 264 g/mol. The van der Waals surface area contributed by atoms with E-state index in [1.807, 2.05) is 6.92 Å². The summed E-state index contributed by atoms with van der Waals surface area (Å²) in [6, 6.07) is 5.23. The lowest BCUT2D eigenvalue weighted by atomic mass is 10.1. The summed E-state index contributed by atoms with van der Waals surface area (Å²) in [7, 11) is 0. The Labute approximate surface area is 113 Å². The molecule has 0 spiro atoms. The molecule has 0 fully saturated rings. The number of benzene rings is 1. The van der Waals surface area contributed by atoms with E-state index in [4.69, 9.17) is 10.5 Å². The first-order valence-corrected chi connectivity index (χ1v) is 6.35. The van der Waals surface area contributed by atoms with Crippen molar-refractivity contribution in [3.05, 3.63) is 29.3 Å². The molecule has 0 aliphatic heterocycles. The van der Waals surface area contributed by atoms with E-state index in [1.54, 1.807) is 25.1 Å². The second-order valence-corrected chi connectivity index (χ2v) is 4.18. The van der Waals surface area contributed by atoms with Crippen LogP contribution in [0.2, 0.25) is 0 Å². The number of rotatable bonds is 6. The average Bonchev–Trinajstić information content (AvgIpc) is 2.38. The molecule has 0 saturated carbocycles. The van der Waals surface area contributed by atoms with Crippen molar-refractivity contribution in [2.24, 2.45) is 0 Å². The maximum atomic E-state index is 11.9. The summed E-state index contributed by atoms with van der Waals surface area (Å²) in [5.41, 5.74) is 7.68. The van der Waals surface area contributed by atoms with Crippen LogP contribution in [0.4, 0.5) is 5.69 Å². The lowest BCUT2D eigenvalue weighted by Gasteiger charge is -2.09. The van der Waals surface area contributed by atoms with E-state index in [-0.39, 0.29) is 11.9 Å². The number of anilines is 1. The summed E-state index contributed by atoms with van der Waals surface area (Å²) in [5.74, 6) is -0.412. The van der Waals surface area contributed by atoms with Gasteiger partial charge in [-0.3, -0.25) is 9.59 Å². The van der Waals surface area contributed by atoms with Crippen molar-refractivity contribution in [1.82, 2.24) is 5.32 Å². The van der Waals surface area contributed by atoms with Crippen LogP contribution in [0.3, 0.4) is 0 Å². The minimum atomic E-state index is -0.239. The summed E-state index contributed by atoms with van der Waals surface area (Å²) < 4.78 is 4.80. The fraction of sp³-hybridized carbons (Fsp3) is 0.429. The minimum absolute atomic E-state index is 0.173. The molecule has 3 N–H and O–H groups in total. The SMILES string of the molecule is CCOC(=O)CCCNC(=O)c1cccc(N)c1C. The first-order valence-electron chi connectivity index (χ1n) is 6.35. The maximum Gasteiger partial charge on any atom is 0.305 e. The van der Waals surface area contributed by atoms with Crippen LogP contribution in [0.25, 0.3) is 0 Å². The molecule has 1 rings (SSSR count). The predicted octanol–water partition coefficient (Wildman–Crippen LogP) is 1.65. The number of nitrogens with one attached hydrogen (secondary N) is 1. The normalized spacial score (nSPS) is 10.0. The van der Waals surface area contributed by atoms with Crippen LogP contribution in [-0.4, -0.2) is 25.0 Å². The van der Waals surface area contributed by atoms with Gasteiger partial charge >= 0.3 is 5.97 Å². The molecule has 0 unspecified atom stereocenters. The highest BCUT2D eigenvalue weighted by Gasteiger charge is 2.10. The lowest BCUT2D eigenvalue weighted by Crippen LogP contribution is -2.26. The van der Waals surface area contributed by atoms with Gasteiger partial charge in [-0.2, -0.15) is 0 Å². The molecule has 0 aliphatic rings. The van der Waals surface area contributed by atoms with Crippen LogP contribution in [-0.2, 0) is 9.53 Å². The van der Waals surface area contributed by atoms with Gasteiger partial charge in [-0.15, -0.1) is 0 Å². The molecule has 0 radical (unpaired) electrons. The van der Waals surface area contributed by atoms with E-state index in [2.05, 4.69) is 5.32 Å². The third-order valence-electron chi connectivity index (χ3n) is 2.77. The van der Waals surface area contributed by atoms with Crippen LogP contribution in [0.1, 0.15) is 35.7 Å². The molecule has 1 amide bonds. The smallest absolute Gasteiger partial charge is 0.305 e. The lowest BCUT2D eigenvalue weighted by molar-refractivity contribution is -0.143. The number of amides is 1. The van der Waals surface area contributed by atoms with E-state index >= 15 is 0 Å². The fourth-order valence-corrected chi connectivity index (χ4v) is 1.66. The van der Waals surface area contributed by atoms with Gasteiger partial charge < -0.3 is 15.8 Å². The number of ether oxygens (including phenoxy) is 1. The first kappa shape index (κ1) is 15.0. The zero-order valence-electron chi connectivity index (χ0n) is 11.4.